The van der Waals surface area contributed by atoms with Crippen molar-refractivity contribution in [2.45, 2.75) is 45.4 Å². The van der Waals surface area contributed by atoms with Crippen LogP contribution < -0.4 is 0 Å². The highest BCUT2D eigenvalue weighted by Crippen LogP contribution is 2.33. The van der Waals surface area contributed by atoms with Crippen molar-refractivity contribution in [3.63, 3.8) is 0 Å². The fourth-order valence-electron chi connectivity index (χ4n) is 4.88. The molecule has 2 amide bonds. The fraction of sp³-hybridized carbons (Fsp3) is 0.320. The molecule has 3 aromatic rings. The Morgan fingerprint density at radius 2 is 1.89 bits per heavy atom. The minimum Gasteiger partial charge on any atom is -0.331 e. The number of rotatable bonds is 3. The molecule has 0 spiro atoms. The van der Waals surface area contributed by atoms with Crippen molar-refractivity contribution < 1.29 is 18.4 Å². The van der Waals surface area contributed by atoms with Crippen LogP contribution in [-0.2, 0) is 19.5 Å². The number of nitrogens with zero attached hydrogens (tertiary/aromatic N) is 4. The van der Waals surface area contributed by atoms with Gasteiger partial charge in [-0.3, -0.25) is 14.3 Å². The van der Waals surface area contributed by atoms with E-state index in [1.165, 1.54) is 11.0 Å². The van der Waals surface area contributed by atoms with E-state index in [1.54, 1.807) is 28.6 Å². The minimum absolute atomic E-state index is 0.116. The number of carbonyl (C=O) groups excluding carboxylic acids is 2. The number of aromatic nitrogens is 2. The summed E-state index contributed by atoms with van der Waals surface area (Å²) in [7, 11) is 0. The quantitative estimate of drug-likeness (QED) is 0.474. The van der Waals surface area contributed by atoms with E-state index in [4.69, 9.17) is 23.2 Å². The number of benzene rings is 2. The van der Waals surface area contributed by atoms with Crippen LogP contribution in [0.1, 0.15) is 57.6 Å². The zero-order chi connectivity index (χ0) is 25.0. The van der Waals surface area contributed by atoms with Gasteiger partial charge in [-0.05, 0) is 50.2 Å². The van der Waals surface area contributed by atoms with Crippen LogP contribution in [0.15, 0.2) is 36.4 Å². The lowest BCUT2D eigenvalue weighted by atomic mass is 9.97. The molecule has 2 aliphatic rings. The summed E-state index contributed by atoms with van der Waals surface area (Å²) in [4.78, 5) is 30.1. The smallest absolute Gasteiger partial charge is 0.273 e. The molecular weight excluding hydrogens is 497 g/mol. The van der Waals surface area contributed by atoms with E-state index < -0.39 is 17.7 Å². The van der Waals surface area contributed by atoms with Crippen molar-refractivity contribution in [3.05, 3.63) is 86.2 Å². The molecule has 6 nitrogen and oxygen atoms in total. The van der Waals surface area contributed by atoms with Gasteiger partial charge in [0.2, 0.25) is 0 Å². The van der Waals surface area contributed by atoms with Crippen LogP contribution >= 0.6 is 23.2 Å². The van der Waals surface area contributed by atoms with Crippen LogP contribution in [0.25, 0.3) is 0 Å². The van der Waals surface area contributed by atoms with Gasteiger partial charge in [-0.25, -0.2) is 8.78 Å². The van der Waals surface area contributed by atoms with Crippen LogP contribution in [0.5, 0.6) is 0 Å². The van der Waals surface area contributed by atoms with E-state index in [0.717, 1.165) is 23.9 Å². The van der Waals surface area contributed by atoms with Gasteiger partial charge in [0.1, 0.15) is 17.3 Å². The van der Waals surface area contributed by atoms with Gasteiger partial charge in [-0.1, -0.05) is 23.2 Å². The highest BCUT2D eigenvalue weighted by Gasteiger charge is 2.39. The van der Waals surface area contributed by atoms with Crippen molar-refractivity contribution in [3.8, 4) is 0 Å². The van der Waals surface area contributed by atoms with Gasteiger partial charge in [-0.2, -0.15) is 5.10 Å². The molecule has 35 heavy (non-hydrogen) atoms. The molecule has 1 aromatic heterocycles. The Morgan fingerprint density at radius 3 is 2.63 bits per heavy atom. The second-order valence-corrected chi connectivity index (χ2v) is 9.77. The van der Waals surface area contributed by atoms with Gasteiger partial charge in [0.15, 0.2) is 0 Å². The van der Waals surface area contributed by atoms with Crippen LogP contribution in [-0.4, -0.2) is 44.0 Å². The number of hydrogen-bond donors (Lipinski definition) is 0. The number of carbonyl (C=O) groups is 2. The van der Waals surface area contributed by atoms with E-state index in [-0.39, 0.29) is 35.0 Å². The van der Waals surface area contributed by atoms with Crippen LogP contribution in [0.2, 0.25) is 10.0 Å². The predicted octanol–water partition coefficient (Wildman–Crippen LogP) is 5.27. The molecular formula is C25H22Cl2F2N4O2. The van der Waals surface area contributed by atoms with Crippen molar-refractivity contribution in [2.75, 3.05) is 6.54 Å². The zero-order valence-electron chi connectivity index (χ0n) is 19.1. The van der Waals surface area contributed by atoms with Crippen LogP contribution in [0, 0.1) is 11.6 Å². The van der Waals surface area contributed by atoms with Gasteiger partial charge in [0.25, 0.3) is 11.8 Å². The molecule has 2 atom stereocenters. The Bertz CT molecular complexity index is 1360. The minimum atomic E-state index is -0.672. The topological polar surface area (TPSA) is 58.4 Å². The maximum Gasteiger partial charge on any atom is 0.273 e. The van der Waals surface area contributed by atoms with Gasteiger partial charge in [-0.15, -0.1) is 0 Å². The van der Waals surface area contributed by atoms with Gasteiger partial charge in [0, 0.05) is 35.7 Å². The normalized spacial score (nSPS) is 18.3. The van der Waals surface area contributed by atoms with Crippen LogP contribution in [0.3, 0.4) is 0 Å². The fourth-order valence-corrected chi connectivity index (χ4v) is 5.17. The maximum atomic E-state index is 14.4. The third-order valence-corrected chi connectivity index (χ3v) is 7.54. The number of hydrogen-bond acceptors (Lipinski definition) is 3. The van der Waals surface area contributed by atoms with E-state index in [2.05, 4.69) is 5.10 Å². The van der Waals surface area contributed by atoms with E-state index in [1.807, 2.05) is 6.92 Å². The molecule has 1 unspecified atom stereocenters. The largest absolute Gasteiger partial charge is 0.331 e. The summed E-state index contributed by atoms with van der Waals surface area (Å²) in [5.74, 6) is -1.68. The van der Waals surface area contributed by atoms with Crippen molar-refractivity contribution >= 4 is 35.0 Å². The first kappa shape index (κ1) is 23.8. The summed E-state index contributed by atoms with van der Waals surface area (Å²) < 4.78 is 29.9. The molecule has 0 saturated carbocycles. The Kier molecular flexibility index (Phi) is 6.05. The second-order valence-electron chi connectivity index (χ2n) is 8.95. The van der Waals surface area contributed by atoms with Gasteiger partial charge >= 0.3 is 0 Å². The summed E-state index contributed by atoms with van der Waals surface area (Å²) in [6.45, 7) is 4.54. The summed E-state index contributed by atoms with van der Waals surface area (Å²) in [5, 5.41) is 5.29. The lowest BCUT2D eigenvalue weighted by molar-refractivity contribution is 0.0602. The first-order valence-electron chi connectivity index (χ1n) is 11.3. The second kappa shape index (κ2) is 8.91. The summed E-state index contributed by atoms with van der Waals surface area (Å²) in [5.41, 5.74) is 2.35. The standard InChI is InChI=1S/C25H22Cl2F2N4O2/c1-13-9-22-18(12-32(13)24(34)15-3-5-19(26)20(27)10-15)23-25(35)31(7-8-33(23)30-22)14(2)17-11-16(28)4-6-21(17)29/h3-6,10-11,13-14H,7-9,12H2,1-2H3/t13-,14?/m1/s1. The molecule has 182 valence electrons. The van der Waals surface area contributed by atoms with Crippen molar-refractivity contribution in [2.24, 2.45) is 0 Å². The van der Waals surface area contributed by atoms with Crippen molar-refractivity contribution in [1.29, 1.82) is 0 Å². The number of amides is 2. The van der Waals surface area contributed by atoms with Crippen LogP contribution in [0.4, 0.5) is 8.78 Å². The SMILES string of the molecule is CC(c1cc(F)ccc1F)N1CCn2nc3c(c2C1=O)CN(C(=O)c1ccc(Cl)c(Cl)c1)[C@H](C)C3. The maximum absolute atomic E-state index is 14.4. The molecule has 5 rings (SSSR count). The average molecular weight is 519 g/mol. The zero-order valence-corrected chi connectivity index (χ0v) is 20.6. The molecule has 2 aliphatic heterocycles. The molecule has 3 heterocycles. The third kappa shape index (κ3) is 4.08. The Morgan fingerprint density at radius 1 is 1.11 bits per heavy atom. The third-order valence-electron chi connectivity index (χ3n) is 6.80. The average Bonchev–Trinajstić information content (AvgIpc) is 3.19. The lowest BCUT2D eigenvalue weighted by Crippen LogP contribution is -2.45. The highest BCUT2D eigenvalue weighted by atomic mass is 35.5. The first-order chi connectivity index (χ1) is 16.7. The first-order valence-corrected chi connectivity index (χ1v) is 12.0. The van der Waals surface area contributed by atoms with Crippen molar-refractivity contribution in [1.82, 2.24) is 19.6 Å². The lowest BCUT2D eigenvalue weighted by Gasteiger charge is -2.35. The van der Waals surface area contributed by atoms with Gasteiger partial charge < -0.3 is 9.80 Å². The number of fused-ring (bicyclic) bond motifs is 3. The molecule has 0 fully saturated rings. The predicted molar refractivity (Wildman–Crippen MR) is 128 cm³/mol. The molecule has 2 aromatic carbocycles. The van der Waals surface area contributed by atoms with Gasteiger partial charge in [0.05, 0.1) is 34.9 Å². The summed E-state index contributed by atoms with van der Waals surface area (Å²) >= 11 is 12.1. The molecule has 0 saturated heterocycles. The Balaban J connectivity index is 1.46. The number of halogens is 4. The molecule has 0 radical (unpaired) electrons. The molecule has 0 bridgehead atoms. The van der Waals surface area contributed by atoms with E-state index in [0.29, 0.717) is 41.4 Å². The Hall–Kier alpha value is -2.97. The molecule has 10 heteroatoms. The molecule has 0 N–H and O–H groups in total. The summed E-state index contributed by atoms with van der Waals surface area (Å²) in [6.07, 6.45) is 0.490. The van der Waals surface area contributed by atoms with E-state index >= 15 is 0 Å². The van der Waals surface area contributed by atoms with E-state index in [9.17, 15) is 18.4 Å². The highest BCUT2D eigenvalue weighted by molar-refractivity contribution is 6.42. The Labute approximate surface area is 211 Å². The summed E-state index contributed by atoms with van der Waals surface area (Å²) in [6, 6.07) is 7.15. The monoisotopic (exact) mass is 518 g/mol. The molecule has 0 aliphatic carbocycles.